The van der Waals surface area contributed by atoms with Crippen LogP contribution in [0.2, 0.25) is 5.02 Å². The Bertz CT molecular complexity index is 329. The number of ketones is 1. The molecule has 0 aromatic heterocycles. The molecule has 0 aliphatic heterocycles. The molecule has 0 amide bonds. The zero-order chi connectivity index (χ0) is 12.5. The summed E-state index contributed by atoms with van der Waals surface area (Å²) in [5.74, 6) is 0.202. The van der Waals surface area contributed by atoms with Crippen molar-refractivity contribution >= 4 is 17.4 Å². The van der Waals surface area contributed by atoms with Crippen molar-refractivity contribution in [1.29, 1.82) is 0 Å². The molecule has 0 heterocycles. The second-order valence-electron chi connectivity index (χ2n) is 4.37. The lowest BCUT2D eigenvalue weighted by atomic mass is 10.0. The molecular weight excluding hydrogens is 232 g/mol. The summed E-state index contributed by atoms with van der Waals surface area (Å²) in [5.41, 5.74) is 0.725. The van der Waals surface area contributed by atoms with Gasteiger partial charge in [0.2, 0.25) is 0 Å². The lowest BCUT2D eigenvalue weighted by Crippen LogP contribution is -1.98. The third kappa shape index (κ3) is 5.88. The van der Waals surface area contributed by atoms with E-state index >= 15 is 0 Å². The highest BCUT2D eigenvalue weighted by molar-refractivity contribution is 6.30. The number of hydrogen-bond donors (Lipinski definition) is 0. The quantitative estimate of drug-likeness (QED) is 0.465. The SMILES string of the molecule is CCCCCCCCC(=O)c1c[c]c(Cl)cc1. The molecule has 0 unspecified atom stereocenters. The van der Waals surface area contributed by atoms with E-state index in [1.165, 1.54) is 25.7 Å². The largest absolute Gasteiger partial charge is 0.294 e. The summed E-state index contributed by atoms with van der Waals surface area (Å²) in [7, 11) is 0. The predicted molar refractivity (Wildman–Crippen MR) is 72.6 cm³/mol. The molecule has 0 aliphatic rings. The van der Waals surface area contributed by atoms with Crippen LogP contribution in [0.3, 0.4) is 0 Å². The summed E-state index contributed by atoms with van der Waals surface area (Å²) in [5, 5.41) is 0.557. The molecule has 0 saturated carbocycles. The number of unbranched alkanes of at least 4 members (excludes halogenated alkanes) is 5. The van der Waals surface area contributed by atoms with Crippen LogP contribution in [0.1, 0.15) is 62.2 Å². The van der Waals surface area contributed by atoms with E-state index in [1.807, 2.05) is 0 Å². The van der Waals surface area contributed by atoms with Gasteiger partial charge in [-0.05, 0) is 24.6 Å². The molecule has 1 aromatic carbocycles. The molecule has 2 heteroatoms. The monoisotopic (exact) mass is 251 g/mol. The fraction of sp³-hybridized carbons (Fsp3) is 0.533. The zero-order valence-electron chi connectivity index (χ0n) is 10.5. The Balaban J connectivity index is 2.19. The molecule has 93 valence electrons. The molecule has 17 heavy (non-hydrogen) atoms. The van der Waals surface area contributed by atoms with E-state index in [4.69, 9.17) is 11.6 Å². The minimum absolute atomic E-state index is 0.202. The summed E-state index contributed by atoms with van der Waals surface area (Å²) in [6, 6.07) is 8.02. The Morgan fingerprint density at radius 3 is 2.53 bits per heavy atom. The van der Waals surface area contributed by atoms with Gasteiger partial charge in [0.1, 0.15) is 0 Å². The van der Waals surface area contributed by atoms with Crippen LogP contribution in [-0.4, -0.2) is 5.78 Å². The Morgan fingerprint density at radius 2 is 1.88 bits per heavy atom. The van der Waals surface area contributed by atoms with Gasteiger partial charge < -0.3 is 0 Å². The van der Waals surface area contributed by atoms with Gasteiger partial charge in [0.25, 0.3) is 0 Å². The summed E-state index contributed by atoms with van der Waals surface area (Å²) in [6.45, 7) is 2.21. The number of rotatable bonds is 8. The van der Waals surface area contributed by atoms with Crippen LogP contribution >= 0.6 is 11.6 Å². The van der Waals surface area contributed by atoms with Crippen molar-refractivity contribution in [2.24, 2.45) is 0 Å². The molecule has 0 N–H and O–H groups in total. The molecular formula is C15H20ClO. The van der Waals surface area contributed by atoms with Crippen molar-refractivity contribution in [1.82, 2.24) is 0 Å². The van der Waals surface area contributed by atoms with E-state index in [9.17, 15) is 4.79 Å². The first-order valence-corrected chi connectivity index (χ1v) is 6.82. The smallest absolute Gasteiger partial charge is 0.162 e. The van der Waals surface area contributed by atoms with Crippen molar-refractivity contribution in [2.45, 2.75) is 51.9 Å². The number of hydrogen-bond acceptors (Lipinski definition) is 1. The molecule has 0 bridgehead atoms. The van der Waals surface area contributed by atoms with Gasteiger partial charge in [-0.1, -0.05) is 50.6 Å². The molecule has 1 aromatic rings. The minimum atomic E-state index is 0.202. The normalized spacial score (nSPS) is 10.5. The van der Waals surface area contributed by atoms with E-state index < -0.39 is 0 Å². The molecule has 0 aliphatic carbocycles. The fourth-order valence-electron chi connectivity index (χ4n) is 1.79. The van der Waals surface area contributed by atoms with Gasteiger partial charge in [-0.3, -0.25) is 4.79 Å². The number of halogens is 1. The van der Waals surface area contributed by atoms with Crippen molar-refractivity contribution in [3.63, 3.8) is 0 Å². The topological polar surface area (TPSA) is 17.1 Å². The first-order valence-electron chi connectivity index (χ1n) is 6.44. The highest BCUT2D eigenvalue weighted by atomic mass is 35.5. The molecule has 1 radical (unpaired) electrons. The van der Waals surface area contributed by atoms with Gasteiger partial charge in [0.15, 0.2) is 5.78 Å². The molecule has 0 atom stereocenters. The van der Waals surface area contributed by atoms with Crippen LogP contribution in [-0.2, 0) is 0 Å². The maximum atomic E-state index is 11.8. The van der Waals surface area contributed by atoms with E-state index in [0.717, 1.165) is 18.4 Å². The zero-order valence-corrected chi connectivity index (χ0v) is 11.2. The molecule has 1 nitrogen and oxygen atoms in total. The number of benzene rings is 1. The highest BCUT2D eigenvalue weighted by Gasteiger charge is 2.04. The average Bonchev–Trinajstić information content (AvgIpc) is 2.34. The van der Waals surface area contributed by atoms with Crippen molar-refractivity contribution < 1.29 is 4.79 Å². The third-order valence-electron chi connectivity index (χ3n) is 2.85. The number of carbonyl (C=O) groups is 1. The van der Waals surface area contributed by atoms with Crippen LogP contribution in [0.5, 0.6) is 0 Å². The highest BCUT2D eigenvalue weighted by Crippen LogP contribution is 2.13. The van der Waals surface area contributed by atoms with Crippen molar-refractivity contribution in [3.05, 3.63) is 34.9 Å². The Kier molecular flexibility index (Phi) is 6.95. The standard InChI is InChI=1S/C15H20ClO/c1-2-3-4-5-6-7-8-15(17)13-9-11-14(16)12-10-13/h9-11H,2-8H2,1H3. The van der Waals surface area contributed by atoms with E-state index in [2.05, 4.69) is 13.0 Å². The summed E-state index contributed by atoms with van der Waals surface area (Å²) in [4.78, 5) is 11.8. The Hall–Kier alpha value is -0.820. The van der Waals surface area contributed by atoms with Crippen LogP contribution in [0.25, 0.3) is 0 Å². The number of carbonyl (C=O) groups excluding carboxylic acids is 1. The van der Waals surface area contributed by atoms with Gasteiger partial charge in [-0.15, -0.1) is 0 Å². The molecule has 0 fully saturated rings. The van der Waals surface area contributed by atoms with Crippen LogP contribution in [0.4, 0.5) is 0 Å². The van der Waals surface area contributed by atoms with Gasteiger partial charge in [-0.25, -0.2) is 0 Å². The summed E-state index contributed by atoms with van der Waals surface area (Å²) < 4.78 is 0. The fourth-order valence-corrected chi connectivity index (χ4v) is 1.91. The Morgan fingerprint density at radius 1 is 1.18 bits per heavy atom. The minimum Gasteiger partial charge on any atom is -0.294 e. The van der Waals surface area contributed by atoms with Crippen LogP contribution < -0.4 is 0 Å². The average molecular weight is 252 g/mol. The van der Waals surface area contributed by atoms with Crippen molar-refractivity contribution in [3.8, 4) is 0 Å². The maximum absolute atomic E-state index is 11.8. The summed E-state index contributed by atoms with van der Waals surface area (Å²) in [6.07, 6.45) is 7.89. The molecule has 0 spiro atoms. The first kappa shape index (κ1) is 14.2. The molecule has 0 saturated heterocycles. The Labute approximate surface area is 109 Å². The van der Waals surface area contributed by atoms with Crippen LogP contribution in [0, 0.1) is 6.07 Å². The van der Waals surface area contributed by atoms with E-state index in [-0.39, 0.29) is 5.78 Å². The van der Waals surface area contributed by atoms with Crippen LogP contribution in [0.15, 0.2) is 18.2 Å². The number of Topliss-reactive ketones (excluding diaryl/α,β-unsaturated/α-hetero) is 1. The second-order valence-corrected chi connectivity index (χ2v) is 4.77. The lowest BCUT2D eigenvalue weighted by Gasteiger charge is -2.01. The van der Waals surface area contributed by atoms with E-state index in [1.54, 1.807) is 18.2 Å². The summed E-state index contributed by atoms with van der Waals surface area (Å²) >= 11 is 5.72. The molecule has 1 rings (SSSR count). The van der Waals surface area contributed by atoms with Gasteiger partial charge in [-0.2, -0.15) is 0 Å². The lowest BCUT2D eigenvalue weighted by molar-refractivity contribution is 0.0979. The van der Waals surface area contributed by atoms with Gasteiger partial charge >= 0.3 is 0 Å². The second kappa shape index (κ2) is 8.30. The predicted octanol–water partition coefficient (Wildman–Crippen LogP) is 5.07. The van der Waals surface area contributed by atoms with Gasteiger partial charge in [0.05, 0.1) is 0 Å². The third-order valence-corrected chi connectivity index (χ3v) is 3.09. The maximum Gasteiger partial charge on any atom is 0.162 e. The van der Waals surface area contributed by atoms with Crippen molar-refractivity contribution in [2.75, 3.05) is 0 Å². The van der Waals surface area contributed by atoms with E-state index in [0.29, 0.717) is 11.4 Å². The van der Waals surface area contributed by atoms with Gasteiger partial charge in [0, 0.05) is 23.1 Å². The first-order chi connectivity index (χ1) is 8.24.